The van der Waals surface area contributed by atoms with Crippen LogP contribution in [0.2, 0.25) is 10.0 Å². The van der Waals surface area contributed by atoms with Gasteiger partial charge < -0.3 is 9.64 Å². The zero-order valence-corrected chi connectivity index (χ0v) is 15.8. The SMILES string of the molecule is O=C(Nc1ncsc1-c1cc(Cl)cc(Cl)c1)OC12CCN(CC1)CC2. The summed E-state index contributed by atoms with van der Waals surface area (Å²) in [4.78, 5) is 19.9. The van der Waals surface area contributed by atoms with E-state index in [0.29, 0.717) is 15.9 Å². The Kier molecular flexibility index (Phi) is 4.62. The minimum atomic E-state index is -0.448. The van der Waals surface area contributed by atoms with Crippen molar-refractivity contribution < 1.29 is 9.53 Å². The molecule has 5 rings (SSSR count). The Morgan fingerprint density at radius 3 is 2.44 bits per heavy atom. The quantitative estimate of drug-likeness (QED) is 0.799. The molecule has 2 bridgehead atoms. The van der Waals surface area contributed by atoms with Crippen LogP contribution in [0.15, 0.2) is 23.7 Å². The van der Waals surface area contributed by atoms with Gasteiger partial charge in [0.15, 0.2) is 5.82 Å². The van der Waals surface area contributed by atoms with Gasteiger partial charge in [0.2, 0.25) is 0 Å². The number of thiazole rings is 1. The first-order valence-corrected chi connectivity index (χ1v) is 9.79. The van der Waals surface area contributed by atoms with Gasteiger partial charge in [0.1, 0.15) is 5.60 Å². The summed E-state index contributed by atoms with van der Waals surface area (Å²) in [5.41, 5.74) is 2.17. The zero-order chi connectivity index (χ0) is 17.4. The molecule has 1 amide bonds. The maximum absolute atomic E-state index is 12.4. The van der Waals surface area contributed by atoms with E-state index in [1.54, 1.807) is 23.7 Å². The van der Waals surface area contributed by atoms with Crippen LogP contribution in [0.3, 0.4) is 0 Å². The summed E-state index contributed by atoms with van der Waals surface area (Å²) in [5, 5.41) is 3.87. The molecule has 1 aromatic carbocycles. The number of carbonyl (C=O) groups excluding carboxylic acids is 1. The molecule has 0 radical (unpaired) electrons. The van der Waals surface area contributed by atoms with E-state index in [0.717, 1.165) is 49.3 Å². The fourth-order valence-corrected chi connectivity index (χ4v) is 4.75. The van der Waals surface area contributed by atoms with Crippen molar-refractivity contribution in [2.45, 2.75) is 24.9 Å². The second-order valence-electron chi connectivity index (χ2n) is 6.48. The number of carbonyl (C=O) groups is 1. The van der Waals surface area contributed by atoms with E-state index in [4.69, 9.17) is 27.9 Å². The second kappa shape index (κ2) is 6.76. The molecule has 1 N–H and O–H groups in total. The van der Waals surface area contributed by atoms with Crippen LogP contribution in [-0.2, 0) is 4.74 Å². The number of aromatic nitrogens is 1. The highest BCUT2D eigenvalue weighted by Crippen LogP contribution is 2.37. The van der Waals surface area contributed by atoms with Crippen molar-refractivity contribution in [3.05, 3.63) is 33.8 Å². The van der Waals surface area contributed by atoms with Gasteiger partial charge in [0, 0.05) is 48.9 Å². The molecule has 0 saturated carbocycles. The first-order valence-electron chi connectivity index (χ1n) is 8.15. The van der Waals surface area contributed by atoms with Crippen LogP contribution in [0.4, 0.5) is 10.6 Å². The lowest BCUT2D eigenvalue weighted by Crippen LogP contribution is -2.54. The monoisotopic (exact) mass is 397 g/mol. The molecule has 0 unspecified atom stereocenters. The second-order valence-corrected chi connectivity index (χ2v) is 8.21. The van der Waals surface area contributed by atoms with E-state index >= 15 is 0 Å². The lowest BCUT2D eigenvalue weighted by Gasteiger charge is -2.47. The van der Waals surface area contributed by atoms with Crippen molar-refractivity contribution in [2.75, 3.05) is 25.0 Å². The summed E-state index contributed by atoms with van der Waals surface area (Å²) in [7, 11) is 0. The van der Waals surface area contributed by atoms with E-state index in [9.17, 15) is 4.79 Å². The molecule has 3 aliphatic heterocycles. The van der Waals surface area contributed by atoms with Gasteiger partial charge in [-0.3, -0.25) is 5.32 Å². The summed E-state index contributed by atoms with van der Waals surface area (Å²) >= 11 is 13.6. The number of nitrogens with one attached hydrogen (secondary N) is 1. The lowest BCUT2D eigenvalue weighted by atomic mass is 9.83. The van der Waals surface area contributed by atoms with Crippen LogP contribution in [0.1, 0.15) is 19.3 Å². The van der Waals surface area contributed by atoms with E-state index in [2.05, 4.69) is 15.2 Å². The molecule has 3 fully saturated rings. The first-order chi connectivity index (χ1) is 12.0. The van der Waals surface area contributed by atoms with Crippen molar-refractivity contribution in [2.24, 2.45) is 0 Å². The van der Waals surface area contributed by atoms with E-state index < -0.39 is 6.09 Å². The third-order valence-corrected chi connectivity index (χ3v) is 6.18. The molecule has 8 heteroatoms. The van der Waals surface area contributed by atoms with Crippen LogP contribution in [-0.4, -0.2) is 41.2 Å². The van der Waals surface area contributed by atoms with Gasteiger partial charge in [-0.25, -0.2) is 9.78 Å². The van der Waals surface area contributed by atoms with Gasteiger partial charge in [-0.15, -0.1) is 11.3 Å². The number of ether oxygens (including phenoxy) is 1. The molecular weight excluding hydrogens is 381 g/mol. The maximum Gasteiger partial charge on any atom is 0.413 e. The average Bonchev–Trinajstić information content (AvgIpc) is 3.03. The fraction of sp³-hybridized carbons (Fsp3) is 0.412. The highest BCUT2D eigenvalue weighted by molar-refractivity contribution is 7.13. The van der Waals surface area contributed by atoms with Gasteiger partial charge in [-0.2, -0.15) is 0 Å². The number of piperidine rings is 3. The molecule has 0 atom stereocenters. The van der Waals surface area contributed by atoms with Gasteiger partial charge in [-0.05, 0) is 23.8 Å². The molecular formula is C17H17Cl2N3O2S. The predicted octanol–water partition coefficient (Wildman–Crippen LogP) is 4.90. The molecule has 0 spiro atoms. The Morgan fingerprint density at radius 2 is 1.80 bits per heavy atom. The normalized spacial score (nSPS) is 25.0. The minimum absolute atomic E-state index is 0.325. The molecule has 5 nitrogen and oxygen atoms in total. The average molecular weight is 398 g/mol. The highest BCUT2D eigenvalue weighted by atomic mass is 35.5. The highest BCUT2D eigenvalue weighted by Gasteiger charge is 2.42. The minimum Gasteiger partial charge on any atom is -0.443 e. The Bertz CT molecular complexity index is 769. The summed E-state index contributed by atoms with van der Waals surface area (Å²) in [6.45, 7) is 2.99. The van der Waals surface area contributed by atoms with Crippen LogP contribution in [0, 0.1) is 0 Å². The Hall–Kier alpha value is -1.34. The molecule has 3 saturated heterocycles. The Morgan fingerprint density at radius 1 is 1.16 bits per heavy atom. The van der Waals surface area contributed by atoms with Gasteiger partial charge in [-0.1, -0.05) is 23.2 Å². The zero-order valence-electron chi connectivity index (χ0n) is 13.4. The van der Waals surface area contributed by atoms with E-state index in [-0.39, 0.29) is 5.60 Å². The van der Waals surface area contributed by atoms with Crippen LogP contribution in [0.5, 0.6) is 0 Å². The summed E-state index contributed by atoms with van der Waals surface area (Å²) in [6, 6.07) is 5.27. The van der Waals surface area contributed by atoms with E-state index in [1.165, 1.54) is 11.3 Å². The summed E-state index contributed by atoms with van der Waals surface area (Å²) in [6.07, 6.45) is 2.24. The van der Waals surface area contributed by atoms with Gasteiger partial charge in [0.05, 0.1) is 10.4 Å². The van der Waals surface area contributed by atoms with Crippen molar-refractivity contribution in [1.82, 2.24) is 9.88 Å². The van der Waals surface area contributed by atoms with Crippen molar-refractivity contribution in [1.29, 1.82) is 0 Å². The van der Waals surface area contributed by atoms with Crippen LogP contribution >= 0.6 is 34.5 Å². The van der Waals surface area contributed by atoms with E-state index in [1.807, 2.05) is 0 Å². The third kappa shape index (κ3) is 3.62. The number of hydrogen-bond acceptors (Lipinski definition) is 5. The molecule has 2 aromatic rings. The molecule has 1 aromatic heterocycles. The predicted molar refractivity (Wildman–Crippen MR) is 101 cm³/mol. The smallest absolute Gasteiger partial charge is 0.413 e. The van der Waals surface area contributed by atoms with Crippen LogP contribution < -0.4 is 5.32 Å². The number of nitrogens with zero attached hydrogens (tertiary/aromatic N) is 2. The third-order valence-electron chi connectivity index (χ3n) is 4.87. The Balaban J connectivity index is 1.50. The van der Waals surface area contributed by atoms with Gasteiger partial charge in [0.25, 0.3) is 0 Å². The van der Waals surface area contributed by atoms with Gasteiger partial charge >= 0.3 is 6.09 Å². The lowest BCUT2D eigenvalue weighted by molar-refractivity contribution is -0.0742. The molecule has 4 heterocycles. The van der Waals surface area contributed by atoms with Crippen molar-refractivity contribution >= 4 is 46.4 Å². The molecule has 0 aliphatic carbocycles. The number of hydrogen-bond donors (Lipinski definition) is 1. The largest absolute Gasteiger partial charge is 0.443 e. The standard InChI is InChI=1S/C17H17Cl2N3O2S/c18-12-7-11(8-13(19)9-12)14-15(20-10-25-14)21-16(23)24-17-1-4-22(5-2-17)6-3-17/h7-10H,1-6H2,(H,21,23). The number of rotatable bonds is 3. The summed E-state index contributed by atoms with van der Waals surface area (Å²) < 4.78 is 5.81. The number of fused-ring (bicyclic) bond motifs is 3. The maximum atomic E-state index is 12.4. The molecule has 132 valence electrons. The summed E-state index contributed by atoms with van der Waals surface area (Å²) in [5.74, 6) is 0.470. The number of benzene rings is 1. The number of anilines is 1. The number of amides is 1. The molecule has 25 heavy (non-hydrogen) atoms. The fourth-order valence-electron chi connectivity index (χ4n) is 3.49. The van der Waals surface area contributed by atoms with Crippen molar-refractivity contribution in [3.8, 4) is 10.4 Å². The molecule has 3 aliphatic rings. The topological polar surface area (TPSA) is 54.5 Å². The number of halogens is 2. The Labute approximate surface area is 159 Å². The first kappa shape index (κ1) is 17.1. The van der Waals surface area contributed by atoms with Crippen LogP contribution in [0.25, 0.3) is 10.4 Å². The van der Waals surface area contributed by atoms with Crippen molar-refractivity contribution in [3.63, 3.8) is 0 Å².